The van der Waals surface area contributed by atoms with Crippen LogP contribution >= 0.6 is 11.3 Å². The first kappa shape index (κ1) is 18.0. The van der Waals surface area contributed by atoms with E-state index in [1.54, 1.807) is 0 Å². The monoisotopic (exact) mass is 371 g/mol. The van der Waals surface area contributed by atoms with E-state index in [1.807, 2.05) is 11.3 Å². The molecule has 26 heavy (non-hydrogen) atoms. The van der Waals surface area contributed by atoms with Crippen molar-refractivity contribution in [1.82, 2.24) is 9.80 Å². The van der Waals surface area contributed by atoms with Gasteiger partial charge in [-0.1, -0.05) is 18.2 Å². The second-order valence-electron chi connectivity index (χ2n) is 7.27. The molecule has 0 aliphatic carbocycles. The highest BCUT2D eigenvalue weighted by atomic mass is 32.1. The molecule has 140 valence electrons. The number of aryl methyl sites for hydroxylation is 2. The van der Waals surface area contributed by atoms with Crippen LogP contribution in [0.1, 0.15) is 16.9 Å². The summed E-state index contributed by atoms with van der Waals surface area (Å²) in [6.07, 6.45) is 3.49. The number of fused-ring (bicyclic) bond motifs is 2. The summed E-state index contributed by atoms with van der Waals surface area (Å²) in [5.41, 5.74) is 4.30. The molecule has 2 aromatic rings. The maximum Gasteiger partial charge on any atom is 0.0558 e. The summed E-state index contributed by atoms with van der Waals surface area (Å²) in [6, 6.07) is 11.2. The summed E-state index contributed by atoms with van der Waals surface area (Å²) in [4.78, 5) is 9.01. The van der Waals surface area contributed by atoms with Crippen LogP contribution in [0.25, 0.3) is 0 Å². The summed E-state index contributed by atoms with van der Waals surface area (Å²) < 4.78 is 0. The lowest BCUT2D eigenvalue weighted by molar-refractivity contribution is 0.112. The summed E-state index contributed by atoms with van der Waals surface area (Å²) >= 11 is 1.90. The van der Waals surface area contributed by atoms with Gasteiger partial charge in [0.2, 0.25) is 0 Å². The average Bonchev–Trinajstić information content (AvgIpc) is 3.08. The van der Waals surface area contributed by atoms with Crippen molar-refractivity contribution in [3.8, 4) is 0 Å². The van der Waals surface area contributed by atoms with Gasteiger partial charge in [0.1, 0.15) is 0 Å². The number of aliphatic hydroxyl groups excluding tert-OH is 1. The zero-order chi connectivity index (χ0) is 17.8. The largest absolute Gasteiger partial charge is 0.395 e. The number of nitrogens with zero attached hydrogens (tertiary/aromatic N) is 3. The van der Waals surface area contributed by atoms with Crippen LogP contribution in [0, 0.1) is 0 Å². The summed E-state index contributed by atoms with van der Waals surface area (Å²) in [5, 5.41) is 11.3. The Morgan fingerprint density at radius 3 is 2.42 bits per heavy atom. The Kier molecular flexibility index (Phi) is 5.90. The summed E-state index contributed by atoms with van der Waals surface area (Å²) in [5.74, 6) is 0. The predicted molar refractivity (Wildman–Crippen MR) is 110 cm³/mol. The van der Waals surface area contributed by atoms with Gasteiger partial charge in [0.15, 0.2) is 0 Å². The number of aliphatic hydroxyl groups is 1. The minimum Gasteiger partial charge on any atom is -0.395 e. The molecule has 0 spiro atoms. The van der Waals surface area contributed by atoms with E-state index in [4.69, 9.17) is 5.11 Å². The minimum atomic E-state index is 0.275. The van der Waals surface area contributed by atoms with Crippen LogP contribution in [-0.2, 0) is 12.8 Å². The van der Waals surface area contributed by atoms with Crippen LogP contribution in [0.2, 0.25) is 0 Å². The minimum absolute atomic E-state index is 0.275. The molecule has 0 amide bonds. The van der Waals surface area contributed by atoms with Crippen molar-refractivity contribution < 1.29 is 5.11 Å². The standard InChI is InChI=1S/C21H29N3OS/c25-16-15-23-13-11-22(12-14-23)9-3-10-24-19-5-2-1-4-18(19)6-7-21-20(24)8-17-26-21/h1-2,4-5,8,17,25H,3,6-7,9-16H2. The van der Waals surface area contributed by atoms with Gasteiger partial charge in [-0.3, -0.25) is 4.90 Å². The van der Waals surface area contributed by atoms with Crippen molar-refractivity contribution in [2.75, 3.05) is 57.3 Å². The van der Waals surface area contributed by atoms with E-state index in [1.165, 1.54) is 28.2 Å². The van der Waals surface area contributed by atoms with Crippen LogP contribution in [-0.4, -0.2) is 67.3 Å². The third kappa shape index (κ3) is 3.96. The molecule has 1 aromatic heterocycles. The Hall–Kier alpha value is -1.40. The molecule has 0 atom stereocenters. The van der Waals surface area contributed by atoms with E-state index in [2.05, 4.69) is 50.4 Å². The van der Waals surface area contributed by atoms with Crippen molar-refractivity contribution in [2.24, 2.45) is 0 Å². The molecule has 0 radical (unpaired) electrons. The molecule has 1 N–H and O–H groups in total. The fourth-order valence-electron chi connectivity index (χ4n) is 4.20. The second kappa shape index (κ2) is 8.53. The predicted octanol–water partition coefficient (Wildman–Crippen LogP) is 2.98. The van der Waals surface area contributed by atoms with E-state index in [0.717, 1.165) is 58.7 Å². The molecular formula is C21H29N3OS. The normalized spacial score (nSPS) is 18.4. The van der Waals surface area contributed by atoms with E-state index in [-0.39, 0.29) is 6.61 Å². The van der Waals surface area contributed by atoms with Crippen LogP contribution in [0.5, 0.6) is 0 Å². The quantitative estimate of drug-likeness (QED) is 0.846. The number of thiophene rings is 1. The Labute approximate surface area is 160 Å². The highest BCUT2D eigenvalue weighted by molar-refractivity contribution is 7.10. The molecule has 1 aromatic carbocycles. The lowest BCUT2D eigenvalue weighted by Gasteiger charge is -2.35. The first-order chi connectivity index (χ1) is 12.8. The number of β-amino-alcohol motifs (C(OH)–C–C–N with tert-alkyl or cyclic N) is 1. The van der Waals surface area contributed by atoms with Gasteiger partial charge < -0.3 is 14.9 Å². The van der Waals surface area contributed by atoms with Crippen LogP contribution < -0.4 is 4.90 Å². The highest BCUT2D eigenvalue weighted by Crippen LogP contribution is 2.38. The van der Waals surface area contributed by atoms with E-state index in [0.29, 0.717) is 0 Å². The smallest absolute Gasteiger partial charge is 0.0558 e. The van der Waals surface area contributed by atoms with Gasteiger partial charge in [-0.25, -0.2) is 0 Å². The van der Waals surface area contributed by atoms with Crippen molar-refractivity contribution in [2.45, 2.75) is 19.3 Å². The Bertz CT molecular complexity index is 709. The van der Waals surface area contributed by atoms with Crippen molar-refractivity contribution in [3.05, 3.63) is 46.2 Å². The van der Waals surface area contributed by atoms with Crippen LogP contribution in [0.4, 0.5) is 11.4 Å². The number of rotatable bonds is 6. The average molecular weight is 372 g/mol. The fraction of sp³-hybridized carbons (Fsp3) is 0.524. The first-order valence-corrected chi connectivity index (χ1v) is 10.7. The maximum absolute atomic E-state index is 9.08. The van der Waals surface area contributed by atoms with E-state index < -0.39 is 0 Å². The second-order valence-corrected chi connectivity index (χ2v) is 8.27. The van der Waals surface area contributed by atoms with Crippen molar-refractivity contribution in [3.63, 3.8) is 0 Å². The molecule has 0 unspecified atom stereocenters. The number of hydrogen-bond acceptors (Lipinski definition) is 5. The van der Waals surface area contributed by atoms with Gasteiger partial charge in [0.25, 0.3) is 0 Å². The Morgan fingerprint density at radius 2 is 1.62 bits per heavy atom. The molecule has 2 aliphatic heterocycles. The first-order valence-electron chi connectivity index (χ1n) is 9.82. The molecule has 0 saturated carbocycles. The lowest BCUT2D eigenvalue weighted by atomic mass is 10.1. The van der Waals surface area contributed by atoms with Crippen LogP contribution in [0.3, 0.4) is 0 Å². The van der Waals surface area contributed by atoms with Gasteiger partial charge in [0.05, 0.1) is 12.3 Å². The molecule has 3 heterocycles. The number of benzene rings is 1. The van der Waals surface area contributed by atoms with Gasteiger partial charge >= 0.3 is 0 Å². The molecule has 4 nitrogen and oxygen atoms in total. The molecular weight excluding hydrogens is 342 g/mol. The topological polar surface area (TPSA) is 30.0 Å². The molecule has 4 rings (SSSR count). The number of para-hydroxylation sites is 1. The summed E-state index contributed by atoms with van der Waals surface area (Å²) in [6.45, 7) is 7.75. The Morgan fingerprint density at radius 1 is 0.846 bits per heavy atom. The van der Waals surface area contributed by atoms with E-state index >= 15 is 0 Å². The SMILES string of the molecule is OCCN1CCN(CCCN2c3ccccc3CCc3sccc32)CC1. The van der Waals surface area contributed by atoms with Gasteiger partial charge in [0, 0.05) is 49.8 Å². The molecule has 0 bridgehead atoms. The number of anilines is 2. The molecule has 2 aliphatic rings. The van der Waals surface area contributed by atoms with Crippen molar-refractivity contribution in [1.29, 1.82) is 0 Å². The lowest BCUT2D eigenvalue weighted by Crippen LogP contribution is -2.47. The Balaban J connectivity index is 1.38. The molecule has 5 heteroatoms. The maximum atomic E-state index is 9.08. The third-order valence-corrected chi connectivity index (χ3v) is 6.62. The van der Waals surface area contributed by atoms with Gasteiger partial charge in [-0.15, -0.1) is 11.3 Å². The fourth-order valence-corrected chi connectivity index (χ4v) is 5.08. The third-order valence-electron chi connectivity index (χ3n) is 5.65. The highest BCUT2D eigenvalue weighted by Gasteiger charge is 2.22. The molecule has 1 fully saturated rings. The number of hydrogen-bond donors (Lipinski definition) is 1. The van der Waals surface area contributed by atoms with E-state index in [9.17, 15) is 0 Å². The summed E-state index contributed by atoms with van der Waals surface area (Å²) in [7, 11) is 0. The zero-order valence-corrected chi connectivity index (χ0v) is 16.3. The van der Waals surface area contributed by atoms with Crippen LogP contribution in [0.15, 0.2) is 35.7 Å². The zero-order valence-electron chi connectivity index (χ0n) is 15.4. The van der Waals surface area contributed by atoms with Gasteiger partial charge in [-0.05, 0) is 48.9 Å². The molecule has 1 saturated heterocycles. The van der Waals surface area contributed by atoms with Crippen molar-refractivity contribution >= 4 is 22.7 Å². The van der Waals surface area contributed by atoms with Gasteiger partial charge in [-0.2, -0.15) is 0 Å². The number of piperazine rings is 1.